The standard InChI is InChI=1S/C25H28F2N4O3/c1-18-8-9-20(16-19(18)2)31(11-5-10-28)23(32)17-29-12-14-30(15-13-29)24(33)21-6-3-4-7-22(21)34-25(26)27/h3-4,6-9,16,25H,5,11-15,17H2,1-2H3. The van der Waals surface area contributed by atoms with E-state index < -0.39 is 6.61 Å². The molecule has 2 aromatic carbocycles. The Labute approximate surface area is 198 Å². The molecule has 1 heterocycles. The van der Waals surface area contributed by atoms with Crippen molar-refractivity contribution in [3.05, 3.63) is 59.2 Å². The molecule has 0 aliphatic carbocycles. The normalized spacial score (nSPS) is 14.1. The fourth-order valence-electron chi connectivity index (χ4n) is 3.85. The minimum absolute atomic E-state index is 0.0877. The zero-order valence-corrected chi connectivity index (χ0v) is 19.3. The minimum Gasteiger partial charge on any atom is -0.434 e. The Balaban J connectivity index is 1.62. The topological polar surface area (TPSA) is 76.9 Å². The van der Waals surface area contributed by atoms with Crippen LogP contribution in [0.1, 0.15) is 27.9 Å². The molecule has 9 heteroatoms. The average Bonchev–Trinajstić information content (AvgIpc) is 2.81. The van der Waals surface area contributed by atoms with Gasteiger partial charge in [-0.3, -0.25) is 14.5 Å². The monoisotopic (exact) mass is 470 g/mol. The third-order valence-electron chi connectivity index (χ3n) is 5.90. The lowest BCUT2D eigenvalue weighted by molar-refractivity contribution is -0.120. The largest absolute Gasteiger partial charge is 0.434 e. The van der Waals surface area contributed by atoms with E-state index in [1.807, 2.05) is 36.9 Å². The highest BCUT2D eigenvalue weighted by atomic mass is 19.3. The molecule has 34 heavy (non-hydrogen) atoms. The van der Waals surface area contributed by atoms with Crippen LogP contribution in [0.2, 0.25) is 0 Å². The summed E-state index contributed by atoms with van der Waals surface area (Å²) in [6.45, 7) is 3.07. The van der Waals surface area contributed by atoms with Gasteiger partial charge in [-0.15, -0.1) is 0 Å². The van der Waals surface area contributed by atoms with Gasteiger partial charge in [-0.2, -0.15) is 14.0 Å². The lowest BCUT2D eigenvalue weighted by Crippen LogP contribution is -2.51. The van der Waals surface area contributed by atoms with Gasteiger partial charge in [0.15, 0.2) is 0 Å². The number of nitriles is 1. The van der Waals surface area contributed by atoms with Gasteiger partial charge in [0.1, 0.15) is 5.75 Å². The Kier molecular flexibility index (Phi) is 8.55. The molecule has 180 valence electrons. The highest BCUT2D eigenvalue weighted by molar-refractivity contribution is 5.97. The number of para-hydroxylation sites is 1. The summed E-state index contributed by atoms with van der Waals surface area (Å²) >= 11 is 0. The smallest absolute Gasteiger partial charge is 0.387 e. The highest BCUT2D eigenvalue weighted by Gasteiger charge is 2.27. The zero-order valence-electron chi connectivity index (χ0n) is 19.3. The Morgan fingerprint density at radius 2 is 1.79 bits per heavy atom. The highest BCUT2D eigenvalue weighted by Crippen LogP contribution is 2.23. The molecule has 0 radical (unpaired) electrons. The van der Waals surface area contributed by atoms with Gasteiger partial charge in [0.05, 0.1) is 24.6 Å². The summed E-state index contributed by atoms with van der Waals surface area (Å²) in [4.78, 5) is 31.1. The second-order valence-corrected chi connectivity index (χ2v) is 8.17. The van der Waals surface area contributed by atoms with E-state index in [1.165, 1.54) is 18.2 Å². The predicted octanol–water partition coefficient (Wildman–Crippen LogP) is 3.61. The molecule has 0 unspecified atom stereocenters. The Morgan fingerprint density at radius 1 is 1.09 bits per heavy atom. The number of halogens is 2. The summed E-state index contributed by atoms with van der Waals surface area (Å²) in [5.74, 6) is -0.649. The van der Waals surface area contributed by atoms with Crippen molar-refractivity contribution in [1.82, 2.24) is 9.80 Å². The van der Waals surface area contributed by atoms with Gasteiger partial charge in [-0.25, -0.2) is 0 Å². The summed E-state index contributed by atoms with van der Waals surface area (Å²) < 4.78 is 29.8. The number of alkyl halides is 2. The molecule has 1 aliphatic heterocycles. The molecule has 3 rings (SSSR count). The fourth-order valence-corrected chi connectivity index (χ4v) is 3.85. The molecule has 1 fully saturated rings. The molecular formula is C25H28F2N4O3. The number of anilines is 1. The Morgan fingerprint density at radius 3 is 2.44 bits per heavy atom. The predicted molar refractivity (Wildman–Crippen MR) is 124 cm³/mol. The molecule has 7 nitrogen and oxygen atoms in total. The zero-order chi connectivity index (χ0) is 24.7. The lowest BCUT2D eigenvalue weighted by Gasteiger charge is -2.35. The van der Waals surface area contributed by atoms with Gasteiger partial charge >= 0.3 is 6.61 Å². The number of hydrogen-bond donors (Lipinski definition) is 0. The number of rotatable bonds is 8. The van der Waals surface area contributed by atoms with Crippen LogP contribution in [0.3, 0.4) is 0 Å². The molecular weight excluding hydrogens is 442 g/mol. The SMILES string of the molecule is Cc1ccc(N(CCC#N)C(=O)CN2CCN(C(=O)c3ccccc3OC(F)F)CC2)cc1C. The van der Waals surface area contributed by atoms with Crippen molar-refractivity contribution < 1.29 is 23.1 Å². The third kappa shape index (κ3) is 6.29. The van der Waals surface area contributed by atoms with Crippen LogP contribution in [-0.4, -0.2) is 67.5 Å². The van der Waals surface area contributed by atoms with E-state index in [0.717, 1.165) is 16.8 Å². The average molecular weight is 471 g/mol. The first-order chi connectivity index (χ1) is 16.3. The molecule has 0 N–H and O–H groups in total. The molecule has 2 aromatic rings. The summed E-state index contributed by atoms with van der Waals surface area (Å²) in [5, 5.41) is 9.02. The van der Waals surface area contributed by atoms with Crippen LogP contribution in [0.4, 0.5) is 14.5 Å². The van der Waals surface area contributed by atoms with Gasteiger partial charge in [0.2, 0.25) is 5.91 Å². The number of piperazine rings is 1. The number of carbonyl (C=O) groups excluding carboxylic acids is 2. The quantitative estimate of drug-likeness (QED) is 0.589. The number of aryl methyl sites for hydroxylation is 2. The maximum absolute atomic E-state index is 13.1. The van der Waals surface area contributed by atoms with Gasteiger partial charge < -0.3 is 14.5 Å². The molecule has 0 atom stereocenters. The number of ether oxygens (including phenoxy) is 1. The van der Waals surface area contributed by atoms with E-state index in [-0.39, 0.29) is 36.1 Å². The van der Waals surface area contributed by atoms with Gasteiger partial charge in [0, 0.05) is 38.4 Å². The van der Waals surface area contributed by atoms with Crippen LogP contribution in [0, 0.1) is 25.2 Å². The second-order valence-electron chi connectivity index (χ2n) is 8.17. The molecule has 1 aliphatic rings. The number of nitrogens with zero attached hydrogens (tertiary/aromatic N) is 4. The molecule has 1 saturated heterocycles. The van der Waals surface area contributed by atoms with Crippen molar-refractivity contribution in [3.63, 3.8) is 0 Å². The third-order valence-corrected chi connectivity index (χ3v) is 5.90. The van der Waals surface area contributed by atoms with Crippen LogP contribution >= 0.6 is 0 Å². The lowest BCUT2D eigenvalue weighted by atomic mass is 10.1. The van der Waals surface area contributed by atoms with Crippen molar-refractivity contribution >= 4 is 17.5 Å². The fraction of sp³-hybridized carbons (Fsp3) is 0.400. The van der Waals surface area contributed by atoms with Crippen molar-refractivity contribution in [2.24, 2.45) is 0 Å². The molecule has 0 spiro atoms. The van der Waals surface area contributed by atoms with E-state index in [9.17, 15) is 18.4 Å². The number of hydrogen-bond acceptors (Lipinski definition) is 5. The summed E-state index contributed by atoms with van der Waals surface area (Å²) in [6.07, 6.45) is 0.223. The summed E-state index contributed by atoms with van der Waals surface area (Å²) in [7, 11) is 0. The van der Waals surface area contributed by atoms with Crippen LogP contribution in [0.5, 0.6) is 5.75 Å². The number of benzene rings is 2. The maximum Gasteiger partial charge on any atom is 0.387 e. The number of amides is 2. The maximum atomic E-state index is 13.1. The Bertz CT molecular complexity index is 1060. The van der Waals surface area contributed by atoms with Crippen molar-refractivity contribution in [2.75, 3.05) is 44.2 Å². The van der Waals surface area contributed by atoms with Crippen molar-refractivity contribution in [3.8, 4) is 11.8 Å². The number of carbonyl (C=O) groups is 2. The minimum atomic E-state index is -3.02. The van der Waals surface area contributed by atoms with Gasteiger partial charge in [0.25, 0.3) is 5.91 Å². The van der Waals surface area contributed by atoms with Crippen LogP contribution in [0.15, 0.2) is 42.5 Å². The van der Waals surface area contributed by atoms with E-state index in [4.69, 9.17) is 5.26 Å². The second kappa shape index (κ2) is 11.6. The van der Waals surface area contributed by atoms with Gasteiger partial charge in [-0.1, -0.05) is 18.2 Å². The van der Waals surface area contributed by atoms with E-state index in [1.54, 1.807) is 15.9 Å². The summed E-state index contributed by atoms with van der Waals surface area (Å²) in [5.41, 5.74) is 3.03. The van der Waals surface area contributed by atoms with E-state index in [2.05, 4.69) is 10.8 Å². The van der Waals surface area contributed by atoms with Crippen molar-refractivity contribution in [1.29, 1.82) is 5.26 Å². The first kappa shape index (κ1) is 25.1. The Hall–Kier alpha value is -3.51. The van der Waals surface area contributed by atoms with Crippen molar-refractivity contribution in [2.45, 2.75) is 26.9 Å². The summed E-state index contributed by atoms with van der Waals surface area (Å²) in [6, 6.07) is 13.8. The van der Waals surface area contributed by atoms with Crippen LogP contribution < -0.4 is 9.64 Å². The van der Waals surface area contributed by atoms with Gasteiger partial charge in [-0.05, 0) is 49.2 Å². The molecule has 0 bridgehead atoms. The van der Waals surface area contributed by atoms with E-state index in [0.29, 0.717) is 32.7 Å². The molecule has 2 amide bonds. The first-order valence-electron chi connectivity index (χ1n) is 11.1. The molecule has 0 saturated carbocycles. The van der Waals surface area contributed by atoms with Crippen LogP contribution in [0.25, 0.3) is 0 Å². The van der Waals surface area contributed by atoms with Crippen LogP contribution in [-0.2, 0) is 4.79 Å². The first-order valence-corrected chi connectivity index (χ1v) is 11.1. The molecule has 0 aromatic heterocycles. The van der Waals surface area contributed by atoms with E-state index >= 15 is 0 Å².